The zero-order valence-electron chi connectivity index (χ0n) is 12.7. The van der Waals surface area contributed by atoms with Gasteiger partial charge in [0.05, 0.1) is 21.2 Å². The molecule has 0 saturated heterocycles. The average Bonchev–Trinajstić information content (AvgIpc) is 2.80. The lowest BCUT2D eigenvalue weighted by Crippen LogP contribution is -2.32. The molecule has 1 heterocycles. The van der Waals surface area contributed by atoms with E-state index >= 15 is 0 Å². The van der Waals surface area contributed by atoms with E-state index in [1.165, 1.54) is 18.2 Å². The average molecular weight is 398 g/mol. The highest BCUT2D eigenvalue weighted by Crippen LogP contribution is 2.27. The van der Waals surface area contributed by atoms with Gasteiger partial charge in [-0.25, -0.2) is 0 Å². The highest BCUT2D eigenvalue weighted by atomic mass is 35.5. The van der Waals surface area contributed by atoms with Crippen molar-refractivity contribution in [2.24, 2.45) is 0 Å². The molecule has 0 aliphatic carbocycles. The van der Waals surface area contributed by atoms with Crippen molar-refractivity contribution in [2.75, 3.05) is 11.9 Å². The van der Waals surface area contributed by atoms with E-state index in [4.69, 9.17) is 34.8 Å². The van der Waals surface area contributed by atoms with E-state index in [1.54, 1.807) is 18.2 Å². The van der Waals surface area contributed by atoms with Gasteiger partial charge in [0, 0.05) is 23.7 Å². The summed E-state index contributed by atoms with van der Waals surface area (Å²) in [6, 6.07) is 9.20. The van der Waals surface area contributed by atoms with Crippen LogP contribution in [-0.4, -0.2) is 29.2 Å². The van der Waals surface area contributed by atoms with E-state index < -0.39 is 11.8 Å². The zero-order valence-corrected chi connectivity index (χ0v) is 15.0. The molecule has 128 valence electrons. The normalized spacial score (nSPS) is 13.2. The first-order valence-electron chi connectivity index (χ1n) is 7.27. The molecule has 8 heteroatoms. The molecule has 0 fully saturated rings. The minimum atomic E-state index is -0.454. The predicted octanol–water partition coefficient (Wildman–Crippen LogP) is 4.27. The second-order valence-electron chi connectivity index (χ2n) is 5.38. The standard InChI is InChI=1S/C17H11Cl3N2O3/c18-9-1-3-11-12(7-9)17(25)22(16(11)24)6-5-15(23)21-10-2-4-13(19)14(20)8-10/h1-4,7-8H,5-6H2,(H,21,23). The van der Waals surface area contributed by atoms with Crippen molar-refractivity contribution < 1.29 is 14.4 Å². The molecule has 2 aromatic carbocycles. The van der Waals surface area contributed by atoms with Crippen molar-refractivity contribution in [3.05, 3.63) is 62.6 Å². The van der Waals surface area contributed by atoms with Crippen LogP contribution in [0.2, 0.25) is 15.1 Å². The zero-order chi connectivity index (χ0) is 18.1. The van der Waals surface area contributed by atoms with Crippen LogP contribution in [0.1, 0.15) is 27.1 Å². The molecular weight excluding hydrogens is 387 g/mol. The molecule has 25 heavy (non-hydrogen) atoms. The first kappa shape index (κ1) is 17.7. The number of hydrogen-bond donors (Lipinski definition) is 1. The van der Waals surface area contributed by atoms with E-state index in [9.17, 15) is 14.4 Å². The number of rotatable bonds is 4. The highest BCUT2D eigenvalue weighted by Gasteiger charge is 2.35. The molecule has 0 spiro atoms. The number of carbonyl (C=O) groups excluding carboxylic acids is 3. The monoisotopic (exact) mass is 396 g/mol. The number of benzene rings is 2. The largest absolute Gasteiger partial charge is 0.326 e. The number of amides is 3. The summed E-state index contributed by atoms with van der Waals surface area (Å²) >= 11 is 17.6. The Hall–Kier alpha value is -2.08. The van der Waals surface area contributed by atoms with Crippen LogP contribution in [0.5, 0.6) is 0 Å². The van der Waals surface area contributed by atoms with Gasteiger partial charge in [0.2, 0.25) is 5.91 Å². The van der Waals surface area contributed by atoms with Gasteiger partial charge in [-0.3, -0.25) is 19.3 Å². The molecule has 0 bridgehead atoms. The number of fused-ring (bicyclic) bond motifs is 1. The van der Waals surface area contributed by atoms with Crippen LogP contribution >= 0.6 is 34.8 Å². The lowest BCUT2D eigenvalue weighted by molar-refractivity contribution is -0.116. The van der Waals surface area contributed by atoms with Gasteiger partial charge in [0.25, 0.3) is 11.8 Å². The van der Waals surface area contributed by atoms with Crippen molar-refractivity contribution in [3.8, 4) is 0 Å². The molecule has 1 aliphatic rings. The van der Waals surface area contributed by atoms with Crippen LogP contribution in [0.25, 0.3) is 0 Å². The summed E-state index contributed by atoms with van der Waals surface area (Å²) in [4.78, 5) is 37.6. The van der Waals surface area contributed by atoms with Crippen LogP contribution < -0.4 is 5.32 Å². The van der Waals surface area contributed by atoms with E-state index in [2.05, 4.69) is 5.32 Å². The van der Waals surface area contributed by atoms with Gasteiger partial charge in [-0.2, -0.15) is 0 Å². The molecule has 0 aromatic heterocycles. The third-order valence-electron chi connectivity index (χ3n) is 3.70. The number of anilines is 1. The third-order valence-corrected chi connectivity index (χ3v) is 4.67. The second-order valence-corrected chi connectivity index (χ2v) is 6.63. The summed E-state index contributed by atoms with van der Waals surface area (Å²) in [6.07, 6.45) is -0.0422. The first-order valence-corrected chi connectivity index (χ1v) is 8.41. The number of hydrogen-bond acceptors (Lipinski definition) is 3. The van der Waals surface area contributed by atoms with Crippen molar-refractivity contribution in [1.29, 1.82) is 0 Å². The van der Waals surface area contributed by atoms with Crippen LogP contribution in [0.15, 0.2) is 36.4 Å². The van der Waals surface area contributed by atoms with Gasteiger partial charge >= 0.3 is 0 Å². The van der Waals surface area contributed by atoms with Crippen molar-refractivity contribution in [1.82, 2.24) is 4.90 Å². The Morgan fingerprint density at radius 3 is 2.36 bits per heavy atom. The summed E-state index contributed by atoms with van der Waals surface area (Å²) in [5.74, 6) is -1.24. The van der Waals surface area contributed by atoms with Gasteiger partial charge in [-0.15, -0.1) is 0 Å². The van der Waals surface area contributed by atoms with Gasteiger partial charge in [0.1, 0.15) is 0 Å². The quantitative estimate of drug-likeness (QED) is 0.783. The molecule has 0 radical (unpaired) electrons. The van der Waals surface area contributed by atoms with Gasteiger partial charge in [0.15, 0.2) is 0 Å². The SMILES string of the molecule is O=C(CCN1C(=O)c2ccc(Cl)cc2C1=O)Nc1ccc(Cl)c(Cl)c1. The van der Waals surface area contributed by atoms with E-state index in [1.807, 2.05) is 0 Å². The summed E-state index contributed by atoms with van der Waals surface area (Å²) in [7, 11) is 0. The van der Waals surface area contributed by atoms with E-state index in [0.717, 1.165) is 4.90 Å². The first-order chi connectivity index (χ1) is 11.9. The van der Waals surface area contributed by atoms with E-state index in [-0.39, 0.29) is 24.4 Å². The Bertz CT molecular complexity index is 899. The molecule has 5 nitrogen and oxygen atoms in total. The Morgan fingerprint density at radius 2 is 1.64 bits per heavy atom. The fourth-order valence-corrected chi connectivity index (χ4v) is 2.95. The topological polar surface area (TPSA) is 66.5 Å². The van der Waals surface area contributed by atoms with Crippen molar-refractivity contribution in [2.45, 2.75) is 6.42 Å². The maximum Gasteiger partial charge on any atom is 0.261 e. The number of nitrogens with zero attached hydrogens (tertiary/aromatic N) is 1. The fourth-order valence-electron chi connectivity index (χ4n) is 2.48. The molecule has 1 aliphatic heterocycles. The molecular formula is C17H11Cl3N2O3. The van der Waals surface area contributed by atoms with E-state index in [0.29, 0.717) is 26.3 Å². The maximum absolute atomic E-state index is 12.3. The number of imide groups is 1. The molecule has 0 atom stereocenters. The summed E-state index contributed by atoms with van der Waals surface area (Å²) in [6.45, 7) is -0.0306. The van der Waals surface area contributed by atoms with Crippen molar-refractivity contribution >= 4 is 58.2 Å². The third kappa shape index (κ3) is 3.63. The Labute approximate surface area is 158 Å². The Morgan fingerprint density at radius 1 is 0.920 bits per heavy atom. The minimum Gasteiger partial charge on any atom is -0.326 e. The molecule has 2 aromatic rings. The van der Waals surface area contributed by atoms with Crippen LogP contribution in [0, 0.1) is 0 Å². The lowest BCUT2D eigenvalue weighted by atomic mass is 10.1. The summed E-state index contributed by atoms with van der Waals surface area (Å²) in [5, 5.41) is 3.71. The minimum absolute atomic E-state index is 0.0306. The molecule has 1 N–H and O–H groups in total. The van der Waals surface area contributed by atoms with Crippen LogP contribution in [0.3, 0.4) is 0 Å². The number of halogens is 3. The van der Waals surface area contributed by atoms with Crippen LogP contribution in [0.4, 0.5) is 5.69 Å². The van der Waals surface area contributed by atoms with Gasteiger partial charge in [-0.1, -0.05) is 34.8 Å². The number of nitrogens with one attached hydrogen (secondary N) is 1. The van der Waals surface area contributed by atoms with Gasteiger partial charge in [-0.05, 0) is 36.4 Å². The Balaban J connectivity index is 1.64. The molecule has 0 saturated carbocycles. The maximum atomic E-state index is 12.3. The fraction of sp³-hybridized carbons (Fsp3) is 0.118. The molecule has 0 unspecified atom stereocenters. The predicted molar refractivity (Wildman–Crippen MR) is 96.5 cm³/mol. The van der Waals surface area contributed by atoms with Crippen LogP contribution in [-0.2, 0) is 4.79 Å². The smallest absolute Gasteiger partial charge is 0.261 e. The van der Waals surface area contributed by atoms with Crippen molar-refractivity contribution in [3.63, 3.8) is 0 Å². The molecule has 3 amide bonds. The van der Waals surface area contributed by atoms with Gasteiger partial charge < -0.3 is 5.32 Å². The summed E-state index contributed by atoms with van der Waals surface area (Å²) in [5.41, 5.74) is 1.02. The summed E-state index contributed by atoms with van der Waals surface area (Å²) < 4.78 is 0. The number of carbonyl (C=O) groups is 3. The highest BCUT2D eigenvalue weighted by molar-refractivity contribution is 6.42. The lowest BCUT2D eigenvalue weighted by Gasteiger charge is -2.13. The second kappa shape index (κ2) is 7.04. The Kier molecular flexibility index (Phi) is 4.99. The molecule has 3 rings (SSSR count).